The molecule has 1 aliphatic heterocycles. The van der Waals surface area contributed by atoms with Gasteiger partial charge in [0.05, 0.1) is 12.0 Å². The lowest BCUT2D eigenvalue weighted by atomic mass is 9.95. The van der Waals surface area contributed by atoms with Crippen molar-refractivity contribution in [3.63, 3.8) is 0 Å². The zero-order chi connectivity index (χ0) is 13.8. The second-order valence-corrected chi connectivity index (χ2v) is 4.80. The van der Waals surface area contributed by atoms with Crippen LogP contribution in [0.15, 0.2) is 24.3 Å². The van der Waals surface area contributed by atoms with Gasteiger partial charge in [-0.1, -0.05) is 12.1 Å². The zero-order valence-corrected chi connectivity index (χ0v) is 10.5. The normalized spacial score (nSPS) is 21.5. The molecule has 2 unspecified atom stereocenters. The fraction of sp³-hybridized carbons (Fsp3) is 0.429. The first kappa shape index (κ1) is 13.4. The molecule has 2 rings (SSSR count). The van der Waals surface area contributed by atoms with E-state index in [4.69, 9.17) is 5.11 Å². The van der Waals surface area contributed by atoms with Crippen molar-refractivity contribution in [1.82, 2.24) is 4.90 Å². The number of nitriles is 1. The molecule has 5 nitrogen and oxygen atoms in total. The van der Waals surface area contributed by atoms with E-state index in [1.165, 1.54) is 0 Å². The third kappa shape index (κ3) is 3.04. The fourth-order valence-electron chi connectivity index (χ4n) is 2.50. The minimum absolute atomic E-state index is 0.115. The summed E-state index contributed by atoms with van der Waals surface area (Å²) in [7, 11) is 0. The molecule has 0 saturated carbocycles. The van der Waals surface area contributed by atoms with Crippen LogP contribution in [0.1, 0.15) is 24.4 Å². The quantitative estimate of drug-likeness (QED) is 0.865. The van der Waals surface area contributed by atoms with Gasteiger partial charge < -0.3 is 10.2 Å². The molecule has 0 amide bonds. The highest BCUT2D eigenvalue weighted by molar-refractivity contribution is 5.70. The second kappa shape index (κ2) is 5.72. The number of carboxylic acid groups (broad SMARTS) is 1. The molecule has 1 aromatic rings. The Bertz CT molecular complexity index is 510. The largest absolute Gasteiger partial charge is 0.508 e. The van der Waals surface area contributed by atoms with E-state index >= 15 is 0 Å². The summed E-state index contributed by atoms with van der Waals surface area (Å²) in [5.74, 6) is -1.11. The Kier molecular flexibility index (Phi) is 4.03. The summed E-state index contributed by atoms with van der Waals surface area (Å²) in [4.78, 5) is 12.9. The molecule has 1 aromatic carbocycles. The van der Waals surface area contributed by atoms with Crippen molar-refractivity contribution >= 4 is 5.97 Å². The number of likely N-dealkylation sites (tertiary alicyclic amines) is 1. The fourth-order valence-corrected chi connectivity index (χ4v) is 2.50. The van der Waals surface area contributed by atoms with E-state index in [9.17, 15) is 15.2 Å². The van der Waals surface area contributed by atoms with Gasteiger partial charge in [-0.05, 0) is 37.1 Å². The molecule has 19 heavy (non-hydrogen) atoms. The molecule has 2 N–H and O–H groups in total. The average Bonchev–Trinajstić information content (AvgIpc) is 2.40. The molecule has 1 heterocycles. The summed E-state index contributed by atoms with van der Waals surface area (Å²) < 4.78 is 0. The molecule has 0 bridgehead atoms. The monoisotopic (exact) mass is 260 g/mol. The number of phenolic OH excluding ortho intramolecular Hbond substituents is 1. The topological polar surface area (TPSA) is 84.6 Å². The van der Waals surface area contributed by atoms with Crippen LogP contribution >= 0.6 is 0 Å². The lowest BCUT2D eigenvalue weighted by molar-refractivity contribution is -0.143. The second-order valence-electron chi connectivity index (χ2n) is 4.80. The lowest BCUT2D eigenvalue weighted by Gasteiger charge is -2.33. The number of benzene rings is 1. The van der Waals surface area contributed by atoms with Crippen molar-refractivity contribution in [3.8, 4) is 11.8 Å². The Hall–Kier alpha value is -2.06. The van der Waals surface area contributed by atoms with Gasteiger partial charge in [0.15, 0.2) is 0 Å². The van der Waals surface area contributed by atoms with Crippen molar-refractivity contribution in [2.24, 2.45) is 5.92 Å². The molecule has 0 aromatic heterocycles. The number of carbonyl (C=O) groups is 1. The van der Waals surface area contributed by atoms with E-state index in [2.05, 4.69) is 6.07 Å². The third-order valence-corrected chi connectivity index (χ3v) is 3.48. The summed E-state index contributed by atoms with van der Waals surface area (Å²) >= 11 is 0. The molecule has 1 saturated heterocycles. The minimum atomic E-state index is -0.808. The first-order valence-corrected chi connectivity index (χ1v) is 6.27. The van der Waals surface area contributed by atoms with E-state index in [0.29, 0.717) is 25.1 Å². The van der Waals surface area contributed by atoms with Crippen molar-refractivity contribution < 1.29 is 15.0 Å². The highest BCUT2D eigenvalue weighted by Gasteiger charge is 2.30. The van der Waals surface area contributed by atoms with E-state index < -0.39 is 17.9 Å². The number of rotatable bonds is 3. The Balaban J connectivity index is 2.18. The van der Waals surface area contributed by atoms with Crippen LogP contribution in [-0.2, 0) is 4.79 Å². The van der Waals surface area contributed by atoms with Crippen molar-refractivity contribution in [2.45, 2.75) is 18.9 Å². The van der Waals surface area contributed by atoms with Crippen LogP contribution in [0, 0.1) is 17.2 Å². The molecule has 0 aliphatic carbocycles. The molecule has 0 spiro atoms. The maximum atomic E-state index is 11.1. The van der Waals surface area contributed by atoms with Crippen LogP contribution in [0.2, 0.25) is 0 Å². The van der Waals surface area contributed by atoms with Crippen molar-refractivity contribution in [2.75, 3.05) is 13.1 Å². The SMILES string of the molecule is N#CC(c1cccc(O)c1)N1CCCC(C(=O)O)C1. The number of phenols is 1. The number of nitrogens with zero attached hydrogens (tertiary/aromatic N) is 2. The summed E-state index contributed by atoms with van der Waals surface area (Å²) in [5.41, 5.74) is 0.702. The first-order valence-electron chi connectivity index (χ1n) is 6.27. The Morgan fingerprint density at radius 2 is 2.32 bits per heavy atom. The van der Waals surface area contributed by atoms with Crippen molar-refractivity contribution in [1.29, 1.82) is 5.26 Å². The summed E-state index contributed by atoms with van der Waals surface area (Å²) in [6, 6.07) is 8.26. The minimum Gasteiger partial charge on any atom is -0.508 e. The van der Waals surface area contributed by atoms with Crippen molar-refractivity contribution in [3.05, 3.63) is 29.8 Å². The third-order valence-electron chi connectivity index (χ3n) is 3.48. The maximum absolute atomic E-state index is 11.1. The summed E-state index contributed by atoms with van der Waals surface area (Å²) in [5, 5.41) is 27.9. The van der Waals surface area contributed by atoms with E-state index in [0.717, 1.165) is 6.42 Å². The van der Waals surface area contributed by atoms with Gasteiger partial charge in [-0.15, -0.1) is 0 Å². The molecular weight excluding hydrogens is 244 g/mol. The van der Waals surface area contributed by atoms with Crippen LogP contribution in [0.4, 0.5) is 0 Å². The highest BCUT2D eigenvalue weighted by atomic mass is 16.4. The van der Waals surface area contributed by atoms with Gasteiger partial charge in [0.25, 0.3) is 0 Å². The molecule has 2 atom stereocenters. The molecule has 1 aliphatic rings. The summed E-state index contributed by atoms with van der Waals surface area (Å²) in [6.45, 7) is 1.08. The Morgan fingerprint density at radius 3 is 2.95 bits per heavy atom. The van der Waals surface area contributed by atoms with Gasteiger partial charge in [0.2, 0.25) is 0 Å². The highest BCUT2D eigenvalue weighted by Crippen LogP contribution is 2.28. The van der Waals surface area contributed by atoms with Gasteiger partial charge in [0, 0.05) is 6.54 Å². The van der Waals surface area contributed by atoms with Gasteiger partial charge >= 0.3 is 5.97 Å². The van der Waals surface area contributed by atoms with Crippen LogP contribution in [0.25, 0.3) is 0 Å². The number of aliphatic carboxylic acids is 1. The van der Waals surface area contributed by atoms with Gasteiger partial charge in [0.1, 0.15) is 11.8 Å². The number of hydrogen-bond donors (Lipinski definition) is 2. The van der Waals surface area contributed by atoms with Crippen LogP contribution < -0.4 is 0 Å². The average molecular weight is 260 g/mol. The molecule has 1 fully saturated rings. The van der Waals surface area contributed by atoms with E-state index in [1.54, 1.807) is 24.3 Å². The van der Waals surface area contributed by atoms with Gasteiger partial charge in [-0.25, -0.2) is 0 Å². The molecule has 100 valence electrons. The predicted octanol–water partition coefficient (Wildman–Crippen LogP) is 1.75. The zero-order valence-electron chi connectivity index (χ0n) is 10.5. The Morgan fingerprint density at radius 1 is 1.53 bits per heavy atom. The van der Waals surface area contributed by atoms with Gasteiger partial charge in [-0.3, -0.25) is 9.69 Å². The van der Waals surface area contributed by atoms with Gasteiger partial charge in [-0.2, -0.15) is 5.26 Å². The van der Waals surface area contributed by atoms with Crippen LogP contribution in [0.3, 0.4) is 0 Å². The van der Waals surface area contributed by atoms with Crippen LogP contribution in [-0.4, -0.2) is 34.2 Å². The van der Waals surface area contributed by atoms with E-state index in [-0.39, 0.29) is 5.75 Å². The molecule has 5 heteroatoms. The maximum Gasteiger partial charge on any atom is 0.307 e. The Labute approximate surface area is 111 Å². The number of carboxylic acids is 1. The lowest BCUT2D eigenvalue weighted by Crippen LogP contribution is -2.40. The first-order chi connectivity index (χ1) is 9.11. The molecule has 0 radical (unpaired) electrons. The van der Waals surface area contributed by atoms with Crippen LogP contribution in [0.5, 0.6) is 5.75 Å². The number of aromatic hydroxyl groups is 1. The van der Waals surface area contributed by atoms with E-state index in [1.807, 2.05) is 4.90 Å². The summed E-state index contributed by atoms with van der Waals surface area (Å²) in [6.07, 6.45) is 1.43. The molecular formula is C14H16N2O3. The smallest absolute Gasteiger partial charge is 0.307 e. The predicted molar refractivity (Wildman–Crippen MR) is 68.4 cm³/mol. The number of piperidine rings is 1. The standard InChI is InChI=1S/C14H16N2O3/c15-8-13(10-3-1-5-12(17)7-10)16-6-2-4-11(9-16)14(18)19/h1,3,5,7,11,13,17H,2,4,6,9H2,(H,18,19). The number of hydrogen-bond acceptors (Lipinski definition) is 4.